The van der Waals surface area contributed by atoms with Crippen molar-refractivity contribution in [3.63, 3.8) is 0 Å². The van der Waals surface area contributed by atoms with Crippen LogP contribution in [0.1, 0.15) is 28.9 Å². The van der Waals surface area contributed by atoms with Crippen LogP contribution in [0.15, 0.2) is 64.1 Å². The van der Waals surface area contributed by atoms with Crippen LogP contribution in [0.25, 0.3) is 22.4 Å². The normalized spacial score (nSPS) is 11.4. The van der Waals surface area contributed by atoms with Crippen LogP contribution in [0.2, 0.25) is 0 Å². The molecule has 0 spiro atoms. The molecule has 6 nitrogen and oxygen atoms in total. The van der Waals surface area contributed by atoms with E-state index in [1.165, 1.54) is 12.3 Å². The minimum atomic E-state index is -0.366. The molecule has 0 bridgehead atoms. The Morgan fingerprint density at radius 1 is 1.24 bits per heavy atom. The van der Waals surface area contributed by atoms with Gasteiger partial charge in [0.1, 0.15) is 23.2 Å². The lowest BCUT2D eigenvalue weighted by Crippen LogP contribution is -2.17. The van der Waals surface area contributed by atoms with Crippen molar-refractivity contribution in [1.29, 1.82) is 0 Å². The number of benzene rings is 2. The summed E-state index contributed by atoms with van der Waals surface area (Å²) in [6.07, 6.45) is 1.37. The van der Waals surface area contributed by atoms with E-state index in [1.54, 1.807) is 42.5 Å². The van der Waals surface area contributed by atoms with E-state index in [1.807, 2.05) is 13.0 Å². The molecular weight excluding hydrogens is 371 g/mol. The zero-order valence-electron chi connectivity index (χ0n) is 16.0. The monoisotopic (exact) mass is 390 g/mol. The first-order valence-corrected chi connectivity index (χ1v) is 9.22. The topological polar surface area (TPSA) is 72.4 Å². The predicted octanol–water partition coefficient (Wildman–Crippen LogP) is 4.53. The maximum absolute atomic E-state index is 13.8. The molecule has 146 valence electrons. The van der Waals surface area contributed by atoms with Crippen molar-refractivity contribution in [3.8, 4) is 11.3 Å². The number of nitrogens with one attached hydrogen (secondary N) is 1. The Kier molecular flexibility index (Phi) is 4.95. The SMILES string of the molecule is CCn1c(C)nc2cc(C(=O)N/N=C\c3ccc(-c4ccccc4F)o3)ccc21. The number of hydrogen-bond donors (Lipinski definition) is 1. The third-order valence-electron chi connectivity index (χ3n) is 4.64. The Morgan fingerprint density at radius 2 is 2.07 bits per heavy atom. The fourth-order valence-corrected chi connectivity index (χ4v) is 3.24. The van der Waals surface area contributed by atoms with Gasteiger partial charge in [0.25, 0.3) is 5.91 Å². The number of aromatic nitrogens is 2. The first-order chi connectivity index (χ1) is 14.1. The molecule has 0 aliphatic heterocycles. The molecule has 0 saturated heterocycles. The molecular formula is C22H19FN4O2. The third kappa shape index (κ3) is 3.67. The number of hydrazone groups is 1. The zero-order valence-corrected chi connectivity index (χ0v) is 16.0. The van der Waals surface area contributed by atoms with Crippen molar-refractivity contribution in [3.05, 3.63) is 77.6 Å². The Bertz CT molecular complexity index is 1220. The Labute approximate surface area is 166 Å². The highest BCUT2D eigenvalue weighted by molar-refractivity contribution is 5.97. The molecule has 0 saturated carbocycles. The Balaban J connectivity index is 1.46. The fraction of sp³-hybridized carbons (Fsp3) is 0.136. The highest BCUT2D eigenvalue weighted by atomic mass is 19.1. The predicted molar refractivity (Wildman–Crippen MR) is 109 cm³/mol. The minimum absolute atomic E-state index is 0.354. The lowest BCUT2D eigenvalue weighted by molar-refractivity contribution is 0.0955. The highest BCUT2D eigenvalue weighted by Crippen LogP contribution is 2.24. The van der Waals surface area contributed by atoms with Crippen LogP contribution >= 0.6 is 0 Å². The van der Waals surface area contributed by atoms with Crippen molar-refractivity contribution in [2.75, 3.05) is 0 Å². The van der Waals surface area contributed by atoms with Crippen molar-refractivity contribution in [1.82, 2.24) is 15.0 Å². The summed E-state index contributed by atoms with van der Waals surface area (Å²) in [5, 5.41) is 3.93. The molecule has 1 amide bonds. The molecule has 7 heteroatoms. The van der Waals surface area contributed by atoms with Crippen molar-refractivity contribution < 1.29 is 13.6 Å². The van der Waals surface area contributed by atoms with Crippen LogP contribution in [0.5, 0.6) is 0 Å². The molecule has 0 unspecified atom stereocenters. The van der Waals surface area contributed by atoms with Gasteiger partial charge in [-0.3, -0.25) is 4.79 Å². The van der Waals surface area contributed by atoms with E-state index in [4.69, 9.17) is 4.42 Å². The molecule has 29 heavy (non-hydrogen) atoms. The summed E-state index contributed by atoms with van der Waals surface area (Å²) in [7, 11) is 0. The second-order valence-electron chi connectivity index (χ2n) is 6.49. The number of imidazole rings is 1. The van der Waals surface area contributed by atoms with Crippen LogP contribution in [0.4, 0.5) is 4.39 Å². The average Bonchev–Trinajstić information content (AvgIpc) is 3.30. The average molecular weight is 390 g/mol. The molecule has 0 radical (unpaired) electrons. The number of rotatable bonds is 5. The minimum Gasteiger partial charge on any atom is -0.455 e. The summed E-state index contributed by atoms with van der Waals surface area (Å²) in [6, 6.07) is 15.0. The van der Waals surface area contributed by atoms with Crippen LogP contribution < -0.4 is 5.43 Å². The van der Waals surface area contributed by atoms with Crippen LogP contribution in [0, 0.1) is 12.7 Å². The first kappa shape index (κ1) is 18.6. The Hall–Kier alpha value is -3.74. The van der Waals surface area contributed by atoms with E-state index in [0.717, 1.165) is 23.4 Å². The summed E-state index contributed by atoms with van der Waals surface area (Å²) in [5.41, 5.74) is 5.05. The number of hydrogen-bond acceptors (Lipinski definition) is 4. The van der Waals surface area contributed by atoms with Gasteiger partial charge in [0.2, 0.25) is 0 Å². The van der Waals surface area contributed by atoms with E-state index in [-0.39, 0.29) is 11.7 Å². The van der Waals surface area contributed by atoms with Crippen molar-refractivity contribution in [2.24, 2.45) is 5.10 Å². The van der Waals surface area contributed by atoms with Gasteiger partial charge in [-0.15, -0.1) is 0 Å². The third-order valence-corrected chi connectivity index (χ3v) is 4.64. The molecule has 1 N–H and O–H groups in total. The van der Waals surface area contributed by atoms with Gasteiger partial charge in [0, 0.05) is 12.1 Å². The van der Waals surface area contributed by atoms with Gasteiger partial charge in [-0.1, -0.05) is 12.1 Å². The largest absolute Gasteiger partial charge is 0.455 e. The number of amides is 1. The number of aryl methyl sites for hydroxylation is 2. The summed E-state index contributed by atoms with van der Waals surface area (Å²) in [5.74, 6) is 0.976. The number of nitrogens with zero attached hydrogens (tertiary/aromatic N) is 3. The van der Waals surface area contributed by atoms with Crippen LogP contribution in [-0.4, -0.2) is 21.7 Å². The molecule has 4 rings (SSSR count). The summed E-state index contributed by atoms with van der Waals surface area (Å²) in [4.78, 5) is 16.9. The fourth-order valence-electron chi connectivity index (χ4n) is 3.24. The van der Waals surface area contributed by atoms with Crippen molar-refractivity contribution in [2.45, 2.75) is 20.4 Å². The molecule has 2 aromatic carbocycles. The second kappa shape index (κ2) is 7.71. The van der Waals surface area contributed by atoms with Crippen molar-refractivity contribution >= 4 is 23.2 Å². The van der Waals surface area contributed by atoms with Gasteiger partial charge in [0.15, 0.2) is 0 Å². The molecule has 0 atom stereocenters. The number of halogens is 1. The van der Waals surface area contributed by atoms with Gasteiger partial charge in [-0.05, 0) is 56.3 Å². The molecule has 4 aromatic rings. The van der Waals surface area contributed by atoms with Gasteiger partial charge in [0.05, 0.1) is 22.8 Å². The van der Waals surface area contributed by atoms with E-state index in [0.29, 0.717) is 22.6 Å². The first-order valence-electron chi connectivity index (χ1n) is 9.22. The second-order valence-corrected chi connectivity index (χ2v) is 6.49. The summed E-state index contributed by atoms with van der Waals surface area (Å²) in [6.45, 7) is 4.80. The summed E-state index contributed by atoms with van der Waals surface area (Å²) >= 11 is 0. The van der Waals surface area contributed by atoms with Gasteiger partial charge in [-0.2, -0.15) is 5.10 Å². The maximum atomic E-state index is 13.8. The molecule has 0 aliphatic rings. The molecule has 2 aromatic heterocycles. The molecule has 0 fully saturated rings. The zero-order chi connectivity index (χ0) is 20.4. The van der Waals surface area contributed by atoms with E-state index in [2.05, 4.69) is 27.0 Å². The van der Waals surface area contributed by atoms with Crippen LogP contribution in [0.3, 0.4) is 0 Å². The smallest absolute Gasteiger partial charge is 0.271 e. The van der Waals surface area contributed by atoms with Gasteiger partial charge >= 0.3 is 0 Å². The van der Waals surface area contributed by atoms with E-state index in [9.17, 15) is 9.18 Å². The summed E-state index contributed by atoms with van der Waals surface area (Å²) < 4.78 is 21.5. The number of fused-ring (bicyclic) bond motifs is 1. The highest BCUT2D eigenvalue weighted by Gasteiger charge is 2.11. The van der Waals surface area contributed by atoms with E-state index < -0.39 is 0 Å². The number of carbonyl (C=O) groups excluding carboxylic acids is 1. The van der Waals surface area contributed by atoms with Gasteiger partial charge in [-0.25, -0.2) is 14.8 Å². The number of furan rings is 1. The molecule has 0 aliphatic carbocycles. The maximum Gasteiger partial charge on any atom is 0.271 e. The standard InChI is InChI=1S/C22H19FN4O2/c1-3-27-14(2)25-19-12-15(8-10-20(19)27)22(28)26-24-13-16-9-11-21(29-16)17-6-4-5-7-18(17)23/h4-13H,3H2,1-2H3,(H,26,28)/b24-13-. The van der Waals surface area contributed by atoms with Gasteiger partial charge < -0.3 is 8.98 Å². The lowest BCUT2D eigenvalue weighted by atomic mass is 10.1. The van der Waals surface area contributed by atoms with Crippen LogP contribution in [-0.2, 0) is 6.54 Å². The molecule has 2 heterocycles. The van der Waals surface area contributed by atoms with E-state index >= 15 is 0 Å². The Morgan fingerprint density at radius 3 is 2.86 bits per heavy atom. The quantitative estimate of drug-likeness (QED) is 0.402. The number of carbonyl (C=O) groups is 1. The lowest BCUT2D eigenvalue weighted by Gasteiger charge is -2.03.